The predicted octanol–water partition coefficient (Wildman–Crippen LogP) is 2.72. The molecular weight excluding hydrogens is 241 g/mol. The lowest BCUT2D eigenvalue weighted by Crippen LogP contribution is -2.45. The highest BCUT2D eigenvalue weighted by Gasteiger charge is 2.24. The zero-order valence-electron chi connectivity index (χ0n) is 11.9. The second-order valence-corrected chi connectivity index (χ2v) is 5.15. The first-order chi connectivity index (χ1) is 9.15. The third kappa shape index (κ3) is 3.18. The van der Waals surface area contributed by atoms with Gasteiger partial charge in [0.15, 0.2) is 0 Å². The van der Waals surface area contributed by atoms with Gasteiger partial charge in [-0.3, -0.25) is 0 Å². The molecule has 0 radical (unpaired) electrons. The highest BCUT2D eigenvalue weighted by Crippen LogP contribution is 2.26. The van der Waals surface area contributed by atoms with E-state index >= 15 is 0 Å². The van der Waals surface area contributed by atoms with Crippen molar-refractivity contribution < 1.29 is 4.39 Å². The molecule has 1 saturated heterocycles. The van der Waals surface area contributed by atoms with Crippen molar-refractivity contribution in [1.82, 2.24) is 4.90 Å². The minimum Gasteiger partial charge on any atom is -0.399 e. The van der Waals surface area contributed by atoms with Crippen LogP contribution in [0.5, 0.6) is 0 Å². The molecule has 106 valence electrons. The van der Waals surface area contributed by atoms with Crippen LogP contribution in [0.2, 0.25) is 0 Å². The molecule has 0 bridgehead atoms. The van der Waals surface area contributed by atoms with Gasteiger partial charge in [-0.15, -0.1) is 0 Å². The van der Waals surface area contributed by atoms with Gasteiger partial charge in [-0.1, -0.05) is 13.8 Å². The Balaban J connectivity index is 1.99. The highest BCUT2D eigenvalue weighted by atomic mass is 19.1. The molecule has 1 fully saturated rings. The molecule has 1 aromatic rings. The largest absolute Gasteiger partial charge is 0.399 e. The lowest BCUT2D eigenvalue weighted by atomic mass is 10.0. The van der Waals surface area contributed by atoms with Crippen molar-refractivity contribution in [2.75, 3.05) is 36.8 Å². The Kier molecular flexibility index (Phi) is 4.64. The van der Waals surface area contributed by atoms with E-state index in [4.69, 9.17) is 5.73 Å². The molecule has 1 aliphatic heterocycles. The maximum Gasteiger partial charge on any atom is 0.148 e. The van der Waals surface area contributed by atoms with Crippen molar-refractivity contribution in [3.63, 3.8) is 0 Å². The Hall–Kier alpha value is -1.29. The van der Waals surface area contributed by atoms with Crippen LogP contribution in [0.4, 0.5) is 15.8 Å². The molecule has 1 aromatic carbocycles. The Labute approximate surface area is 115 Å². The zero-order valence-corrected chi connectivity index (χ0v) is 11.9. The van der Waals surface area contributed by atoms with Gasteiger partial charge in [0.25, 0.3) is 0 Å². The van der Waals surface area contributed by atoms with Gasteiger partial charge >= 0.3 is 0 Å². The second kappa shape index (κ2) is 6.24. The summed E-state index contributed by atoms with van der Waals surface area (Å²) in [5.41, 5.74) is 6.76. The molecular formula is C15H24FN3. The van der Waals surface area contributed by atoms with Gasteiger partial charge in [-0.2, -0.15) is 0 Å². The minimum atomic E-state index is -0.207. The van der Waals surface area contributed by atoms with Gasteiger partial charge in [0.1, 0.15) is 5.82 Å². The number of hydrogen-bond acceptors (Lipinski definition) is 3. The quantitative estimate of drug-likeness (QED) is 0.850. The summed E-state index contributed by atoms with van der Waals surface area (Å²) in [4.78, 5) is 4.63. The number of nitrogens with zero attached hydrogens (tertiary/aromatic N) is 2. The molecule has 0 spiro atoms. The second-order valence-electron chi connectivity index (χ2n) is 5.15. The molecule has 19 heavy (non-hydrogen) atoms. The third-order valence-electron chi connectivity index (χ3n) is 4.11. The molecule has 2 rings (SSSR count). The van der Waals surface area contributed by atoms with Crippen molar-refractivity contribution in [2.45, 2.75) is 32.7 Å². The Morgan fingerprint density at radius 2 is 1.89 bits per heavy atom. The van der Waals surface area contributed by atoms with Crippen LogP contribution >= 0.6 is 0 Å². The summed E-state index contributed by atoms with van der Waals surface area (Å²) in [5.74, 6) is -0.207. The molecule has 1 heterocycles. The van der Waals surface area contributed by atoms with Crippen molar-refractivity contribution in [3.8, 4) is 0 Å². The molecule has 0 amide bonds. The summed E-state index contributed by atoms with van der Waals surface area (Å²) in [6, 6.07) is 5.62. The van der Waals surface area contributed by atoms with Crippen LogP contribution < -0.4 is 10.6 Å². The monoisotopic (exact) mass is 265 g/mol. The standard InChI is InChI=1S/C15H24FN3/c1-3-18(4-2)13-7-9-19(10-8-13)15-6-5-12(17)11-14(15)16/h5-6,11,13H,3-4,7-10,17H2,1-2H3. The topological polar surface area (TPSA) is 32.5 Å². The van der Waals surface area contributed by atoms with Crippen LogP contribution in [0.3, 0.4) is 0 Å². The maximum atomic E-state index is 13.9. The van der Waals surface area contributed by atoms with Crippen molar-refractivity contribution in [2.24, 2.45) is 0 Å². The number of benzene rings is 1. The van der Waals surface area contributed by atoms with E-state index in [2.05, 4.69) is 23.6 Å². The fourth-order valence-electron chi connectivity index (χ4n) is 2.99. The SMILES string of the molecule is CCN(CC)C1CCN(c2ccc(N)cc2F)CC1. The van der Waals surface area contributed by atoms with E-state index in [1.54, 1.807) is 12.1 Å². The first kappa shape index (κ1) is 14.1. The fraction of sp³-hybridized carbons (Fsp3) is 0.600. The number of piperidine rings is 1. The van der Waals surface area contributed by atoms with Crippen molar-refractivity contribution in [3.05, 3.63) is 24.0 Å². The predicted molar refractivity (Wildman–Crippen MR) is 79.0 cm³/mol. The van der Waals surface area contributed by atoms with E-state index in [1.807, 2.05) is 0 Å². The smallest absolute Gasteiger partial charge is 0.148 e. The molecule has 4 heteroatoms. The van der Waals surface area contributed by atoms with Gasteiger partial charge in [-0.05, 0) is 44.1 Å². The van der Waals surface area contributed by atoms with Gasteiger partial charge in [-0.25, -0.2) is 4.39 Å². The Bertz CT molecular complexity index is 410. The number of halogens is 1. The average molecular weight is 265 g/mol. The van der Waals surface area contributed by atoms with Crippen LogP contribution in [0.1, 0.15) is 26.7 Å². The summed E-state index contributed by atoms with van der Waals surface area (Å²) in [6.07, 6.45) is 2.21. The summed E-state index contributed by atoms with van der Waals surface area (Å²) < 4.78 is 13.9. The number of nitrogens with two attached hydrogens (primary N) is 1. The van der Waals surface area contributed by atoms with Crippen LogP contribution in [-0.4, -0.2) is 37.1 Å². The first-order valence-electron chi connectivity index (χ1n) is 7.19. The summed E-state index contributed by atoms with van der Waals surface area (Å²) >= 11 is 0. The number of anilines is 2. The van der Waals surface area contributed by atoms with Crippen molar-refractivity contribution >= 4 is 11.4 Å². The van der Waals surface area contributed by atoms with E-state index < -0.39 is 0 Å². The van der Waals surface area contributed by atoms with Crippen LogP contribution in [0.15, 0.2) is 18.2 Å². The molecule has 0 aliphatic carbocycles. The minimum absolute atomic E-state index is 0.207. The molecule has 0 unspecified atom stereocenters. The van der Waals surface area contributed by atoms with Crippen LogP contribution in [0, 0.1) is 5.82 Å². The van der Waals surface area contributed by atoms with E-state index in [1.165, 1.54) is 6.07 Å². The van der Waals surface area contributed by atoms with E-state index in [9.17, 15) is 4.39 Å². The van der Waals surface area contributed by atoms with Crippen LogP contribution in [0.25, 0.3) is 0 Å². The lowest BCUT2D eigenvalue weighted by molar-refractivity contribution is 0.186. The van der Waals surface area contributed by atoms with Gasteiger partial charge in [0, 0.05) is 24.8 Å². The number of nitrogen functional groups attached to an aromatic ring is 1. The van der Waals surface area contributed by atoms with Crippen LogP contribution in [-0.2, 0) is 0 Å². The average Bonchev–Trinajstić information content (AvgIpc) is 2.41. The van der Waals surface area contributed by atoms with E-state index in [0.717, 1.165) is 39.0 Å². The summed E-state index contributed by atoms with van der Waals surface area (Å²) in [5, 5.41) is 0. The molecule has 0 aromatic heterocycles. The molecule has 1 aliphatic rings. The zero-order chi connectivity index (χ0) is 13.8. The maximum absolute atomic E-state index is 13.9. The molecule has 0 atom stereocenters. The van der Waals surface area contributed by atoms with Gasteiger partial charge < -0.3 is 15.5 Å². The molecule has 3 nitrogen and oxygen atoms in total. The normalized spacial score (nSPS) is 17.2. The lowest BCUT2D eigenvalue weighted by Gasteiger charge is -2.38. The van der Waals surface area contributed by atoms with E-state index in [-0.39, 0.29) is 5.82 Å². The number of hydrogen-bond donors (Lipinski definition) is 1. The third-order valence-corrected chi connectivity index (χ3v) is 4.11. The van der Waals surface area contributed by atoms with Gasteiger partial charge in [0.2, 0.25) is 0 Å². The Morgan fingerprint density at radius 3 is 2.42 bits per heavy atom. The fourth-order valence-corrected chi connectivity index (χ4v) is 2.99. The summed E-state index contributed by atoms with van der Waals surface area (Å²) in [7, 11) is 0. The summed E-state index contributed by atoms with van der Waals surface area (Å²) in [6.45, 7) is 8.43. The Morgan fingerprint density at radius 1 is 1.26 bits per heavy atom. The molecule has 2 N–H and O–H groups in total. The van der Waals surface area contributed by atoms with Gasteiger partial charge in [0.05, 0.1) is 5.69 Å². The molecule has 0 saturated carbocycles. The number of rotatable bonds is 4. The van der Waals surface area contributed by atoms with Crippen molar-refractivity contribution in [1.29, 1.82) is 0 Å². The highest BCUT2D eigenvalue weighted by molar-refractivity contribution is 5.54. The van der Waals surface area contributed by atoms with E-state index in [0.29, 0.717) is 17.4 Å². The first-order valence-corrected chi connectivity index (χ1v) is 7.19.